The minimum Gasteiger partial charge on any atom is -0.310 e. The Labute approximate surface area is 347 Å². The molecule has 9 aromatic carbocycles. The second-order valence-electron chi connectivity index (χ2n) is 17.3. The average molecular weight is 756 g/mol. The third-order valence-electron chi connectivity index (χ3n) is 13.2. The number of hydrogen-bond donors (Lipinski definition) is 0. The molecule has 282 valence electrons. The SMILES string of the molecule is CC1(C)c2ccccc2-c2ccc(-c3cc4ccccc4c4c3-c3ccc(N(c5ccc(-c6ccccc6)cc5)c5ccc(-c6ccccc6)cc5)cc3C4(C)C)cc21. The van der Waals surface area contributed by atoms with Crippen LogP contribution in [0.3, 0.4) is 0 Å². The van der Waals surface area contributed by atoms with E-state index in [9.17, 15) is 0 Å². The van der Waals surface area contributed by atoms with E-state index in [0.29, 0.717) is 0 Å². The van der Waals surface area contributed by atoms with Gasteiger partial charge in [0.1, 0.15) is 0 Å². The summed E-state index contributed by atoms with van der Waals surface area (Å²) in [4.78, 5) is 2.42. The molecule has 0 amide bonds. The molecule has 2 aliphatic rings. The van der Waals surface area contributed by atoms with E-state index < -0.39 is 0 Å². The number of fused-ring (bicyclic) bond motifs is 8. The lowest BCUT2D eigenvalue weighted by molar-refractivity contribution is 0.660. The lowest BCUT2D eigenvalue weighted by Gasteiger charge is -2.28. The van der Waals surface area contributed by atoms with Crippen molar-refractivity contribution in [2.45, 2.75) is 38.5 Å². The van der Waals surface area contributed by atoms with Gasteiger partial charge in [-0.05, 0) is 137 Å². The smallest absolute Gasteiger partial charge is 0.0465 e. The predicted molar refractivity (Wildman–Crippen MR) is 250 cm³/mol. The molecule has 1 heteroatoms. The molecule has 0 saturated carbocycles. The van der Waals surface area contributed by atoms with Gasteiger partial charge in [-0.25, -0.2) is 0 Å². The molecule has 0 saturated heterocycles. The van der Waals surface area contributed by atoms with E-state index in [1.54, 1.807) is 0 Å². The average Bonchev–Trinajstić information content (AvgIpc) is 3.66. The molecular formula is C58H45N. The van der Waals surface area contributed by atoms with Gasteiger partial charge >= 0.3 is 0 Å². The molecule has 0 fully saturated rings. The lowest BCUT2D eigenvalue weighted by atomic mass is 9.78. The van der Waals surface area contributed by atoms with E-state index in [0.717, 1.165) is 17.1 Å². The highest BCUT2D eigenvalue weighted by atomic mass is 15.1. The Morgan fingerprint density at radius 1 is 0.322 bits per heavy atom. The summed E-state index contributed by atoms with van der Waals surface area (Å²) in [7, 11) is 0. The number of hydrogen-bond acceptors (Lipinski definition) is 1. The Hall–Kier alpha value is -6.96. The summed E-state index contributed by atoms with van der Waals surface area (Å²) in [5, 5.41) is 2.61. The molecular weight excluding hydrogens is 711 g/mol. The highest BCUT2D eigenvalue weighted by Crippen LogP contribution is 2.57. The van der Waals surface area contributed by atoms with Crippen molar-refractivity contribution in [3.63, 3.8) is 0 Å². The molecule has 0 spiro atoms. The number of anilines is 3. The molecule has 0 unspecified atom stereocenters. The van der Waals surface area contributed by atoms with Gasteiger partial charge in [0.15, 0.2) is 0 Å². The maximum atomic E-state index is 2.49. The molecule has 0 heterocycles. The van der Waals surface area contributed by atoms with E-state index in [2.05, 4.69) is 233 Å². The van der Waals surface area contributed by atoms with Gasteiger partial charge in [-0.2, -0.15) is 0 Å². The summed E-state index contributed by atoms with van der Waals surface area (Å²) in [6.45, 7) is 9.60. The number of nitrogens with zero attached hydrogens (tertiary/aromatic N) is 1. The van der Waals surface area contributed by atoms with Crippen molar-refractivity contribution >= 4 is 27.8 Å². The molecule has 0 N–H and O–H groups in total. The quantitative estimate of drug-likeness (QED) is 0.163. The van der Waals surface area contributed by atoms with Crippen LogP contribution in [-0.4, -0.2) is 0 Å². The van der Waals surface area contributed by atoms with Crippen LogP contribution in [0, 0.1) is 0 Å². The Morgan fingerprint density at radius 2 is 0.814 bits per heavy atom. The van der Waals surface area contributed by atoms with Gasteiger partial charge < -0.3 is 4.90 Å². The van der Waals surface area contributed by atoms with Gasteiger partial charge in [0.25, 0.3) is 0 Å². The third kappa shape index (κ3) is 5.53. The standard InChI is InChI=1S/C58H45N/c1-57(2)52-22-14-13-21-48(52)49-33-27-43(36-53(49)57)51-35-42-19-11-12-20-47(42)56-55(51)50-34-32-46(37-54(50)58(56,3)4)59(44-28-23-40(24-29-44)38-15-7-5-8-16-38)45-30-25-41(26-31-45)39-17-9-6-10-18-39/h5-37H,1-4H3. The minimum absolute atomic E-state index is 0.0733. The Balaban J connectivity index is 1.08. The monoisotopic (exact) mass is 755 g/mol. The fraction of sp³-hybridized carbons (Fsp3) is 0.103. The van der Waals surface area contributed by atoms with Crippen molar-refractivity contribution in [2.75, 3.05) is 4.90 Å². The Morgan fingerprint density at radius 3 is 1.47 bits per heavy atom. The highest BCUT2D eigenvalue weighted by molar-refractivity contribution is 6.05. The van der Waals surface area contributed by atoms with Crippen LogP contribution in [0.5, 0.6) is 0 Å². The summed E-state index contributed by atoms with van der Waals surface area (Å²) in [6, 6.07) is 74.1. The summed E-state index contributed by atoms with van der Waals surface area (Å²) in [5.74, 6) is 0. The van der Waals surface area contributed by atoms with E-state index >= 15 is 0 Å². The Bertz CT molecular complexity index is 2980. The largest absolute Gasteiger partial charge is 0.310 e. The molecule has 1 nitrogen and oxygen atoms in total. The molecule has 11 rings (SSSR count). The molecule has 0 radical (unpaired) electrons. The van der Waals surface area contributed by atoms with E-state index in [1.165, 1.54) is 88.7 Å². The van der Waals surface area contributed by atoms with Crippen LogP contribution in [0.4, 0.5) is 17.1 Å². The fourth-order valence-corrected chi connectivity index (χ4v) is 10.2. The van der Waals surface area contributed by atoms with Gasteiger partial charge in [-0.1, -0.05) is 179 Å². The van der Waals surface area contributed by atoms with Crippen LogP contribution in [0.25, 0.3) is 66.4 Å². The van der Waals surface area contributed by atoms with Crippen LogP contribution in [-0.2, 0) is 10.8 Å². The zero-order valence-electron chi connectivity index (χ0n) is 34.0. The normalized spacial score (nSPS) is 14.0. The first kappa shape index (κ1) is 35.2. The van der Waals surface area contributed by atoms with Crippen molar-refractivity contribution in [2.24, 2.45) is 0 Å². The summed E-state index contributed by atoms with van der Waals surface area (Å²) < 4.78 is 0. The fourth-order valence-electron chi connectivity index (χ4n) is 10.2. The molecule has 0 atom stereocenters. The predicted octanol–water partition coefficient (Wildman–Crippen LogP) is 15.9. The maximum absolute atomic E-state index is 2.49. The van der Waals surface area contributed by atoms with Crippen LogP contribution in [0.2, 0.25) is 0 Å². The zero-order chi connectivity index (χ0) is 39.9. The topological polar surface area (TPSA) is 3.24 Å². The molecule has 0 aromatic heterocycles. The molecule has 0 aliphatic heterocycles. The molecule has 0 bridgehead atoms. The highest BCUT2D eigenvalue weighted by Gasteiger charge is 2.40. The summed E-state index contributed by atoms with van der Waals surface area (Å²) >= 11 is 0. The van der Waals surface area contributed by atoms with Crippen molar-refractivity contribution in [3.05, 3.63) is 222 Å². The maximum Gasteiger partial charge on any atom is 0.0465 e. The second-order valence-corrected chi connectivity index (χ2v) is 17.3. The molecule has 9 aromatic rings. The third-order valence-corrected chi connectivity index (χ3v) is 13.2. The number of rotatable bonds is 6. The number of benzene rings is 9. The first-order chi connectivity index (χ1) is 28.8. The van der Waals surface area contributed by atoms with E-state index in [1.807, 2.05) is 0 Å². The van der Waals surface area contributed by atoms with Crippen molar-refractivity contribution in [3.8, 4) is 55.6 Å². The molecule has 59 heavy (non-hydrogen) atoms. The van der Waals surface area contributed by atoms with Crippen molar-refractivity contribution < 1.29 is 0 Å². The van der Waals surface area contributed by atoms with Crippen LogP contribution < -0.4 is 4.90 Å². The van der Waals surface area contributed by atoms with Gasteiger partial charge in [0.2, 0.25) is 0 Å². The zero-order valence-corrected chi connectivity index (χ0v) is 34.0. The van der Waals surface area contributed by atoms with Crippen LogP contribution >= 0.6 is 0 Å². The van der Waals surface area contributed by atoms with Gasteiger partial charge in [-0.15, -0.1) is 0 Å². The summed E-state index contributed by atoms with van der Waals surface area (Å²) in [5.41, 5.74) is 21.4. The van der Waals surface area contributed by atoms with Gasteiger partial charge in [0, 0.05) is 27.9 Å². The van der Waals surface area contributed by atoms with Crippen molar-refractivity contribution in [1.29, 1.82) is 0 Å². The van der Waals surface area contributed by atoms with E-state index in [4.69, 9.17) is 0 Å². The van der Waals surface area contributed by atoms with Gasteiger partial charge in [-0.3, -0.25) is 0 Å². The first-order valence-corrected chi connectivity index (χ1v) is 20.8. The van der Waals surface area contributed by atoms with Crippen LogP contribution in [0.15, 0.2) is 200 Å². The van der Waals surface area contributed by atoms with Gasteiger partial charge in [0.05, 0.1) is 0 Å². The van der Waals surface area contributed by atoms with Crippen LogP contribution in [0.1, 0.15) is 49.9 Å². The first-order valence-electron chi connectivity index (χ1n) is 20.8. The Kier molecular flexibility index (Phi) is 7.94. The van der Waals surface area contributed by atoms with E-state index in [-0.39, 0.29) is 10.8 Å². The summed E-state index contributed by atoms with van der Waals surface area (Å²) in [6.07, 6.45) is 0. The second kappa shape index (κ2) is 13.3. The van der Waals surface area contributed by atoms with Crippen molar-refractivity contribution in [1.82, 2.24) is 0 Å². The minimum atomic E-state index is -0.247. The lowest BCUT2D eigenvalue weighted by Crippen LogP contribution is -2.17. The molecule has 2 aliphatic carbocycles.